The average molecular weight is 350 g/mol. The number of halogens is 6. The number of aliphatic hydroxyl groups excluding tert-OH is 1. The van der Waals surface area contributed by atoms with Crippen LogP contribution in [-0.4, -0.2) is 43.3 Å². The lowest BCUT2D eigenvalue weighted by Gasteiger charge is -2.18. The van der Waals surface area contributed by atoms with Gasteiger partial charge in [0.15, 0.2) is 5.75 Å². The van der Waals surface area contributed by atoms with Crippen LogP contribution in [-0.2, 0) is 0 Å². The highest BCUT2D eigenvalue weighted by Gasteiger charge is 2.40. The van der Waals surface area contributed by atoms with Crippen LogP contribution in [0.1, 0.15) is 0 Å². The van der Waals surface area contributed by atoms with Crippen molar-refractivity contribution in [2.24, 2.45) is 0 Å². The maximum Gasteiger partial charge on any atom is 0.319 e. The van der Waals surface area contributed by atoms with E-state index in [2.05, 4.69) is 0 Å². The van der Waals surface area contributed by atoms with Gasteiger partial charge in [0.2, 0.25) is 0 Å². The van der Waals surface area contributed by atoms with Crippen LogP contribution in [0.25, 0.3) is 0 Å². The lowest BCUT2D eigenvalue weighted by Crippen LogP contribution is -2.42. The molecule has 1 atom stereocenters. The Morgan fingerprint density at radius 3 is 2.33 bits per heavy atom. The highest BCUT2D eigenvalue weighted by Crippen LogP contribution is 2.32. The highest BCUT2D eigenvalue weighted by molar-refractivity contribution is 6.37. The van der Waals surface area contributed by atoms with Gasteiger partial charge < -0.3 is 15.2 Å². The topological polar surface area (TPSA) is 41.5 Å². The molecule has 1 unspecified atom stereocenters. The van der Waals surface area contributed by atoms with Crippen molar-refractivity contribution < 1.29 is 27.4 Å². The van der Waals surface area contributed by atoms with Crippen molar-refractivity contribution in [1.82, 2.24) is 5.32 Å². The minimum atomic E-state index is -4.15. The van der Waals surface area contributed by atoms with Crippen LogP contribution in [0.2, 0.25) is 10.0 Å². The second kappa shape index (κ2) is 8.03. The van der Waals surface area contributed by atoms with Crippen molar-refractivity contribution in [2.75, 3.05) is 19.7 Å². The van der Waals surface area contributed by atoms with Crippen LogP contribution in [0.3, 0.4) is 0 Å². The van der Waals surface area contributed by atoms with Crippen molar-refractivity contribution in [3.05, 3.63) is 28.2 Å². The van der Waals surface area contributed by atoms with Crippen LogP contribution < -0.4 is 10.1 Å². The standard InChI is InChI=1S/C12H13Cl2F4NO2/c13-8-2-1-3-9(14)10(8)21-5-7(20)4-19-6-12(17,18)11(15)16/h1-3,7,11,19-20H,4-6H2. The van der Waals surface area contributed by atoms with Gasteiger partial charge in [0.05, 0.1) is 16.6 Å². The number of ether oxygens (including phenoxy) is 1. The van der Waals surface area contributed by atoms with Crippen molar-refractivity contribution in [2.45, 2.75) is 18.5 Å². The Kier molecular flexibility index (Phi) is 6.99. The number of hydrogen-bond acceptors (Lipinski definition) is 3. The Bertz CT molecular complexity index is 443. The zero-order chi connectivity index (χ0) is 16.0. The van der Waals surface area contributed by atoms with Gasteiger partial charge in [-0.05, 0) is 12.1 Å². The fourth-order valence-electron chi connectivity index (χ4n) is 1.34. The maximum absolute atomic E-state index is 12.6. The molecule has 0 heterocycles. The van der Waals surface area contributed by atoms with Gasteiger partial charge >= 0.3 is 12.3 Å². The summed E-state index contributed by atoms with van der Waals surface area (Å²) in [6.07, 6.45) is -4.95. The number of para-hydroxylation sites is 1. The summed E-state index contributed by atoms with van der Waals surface area (Å²) in [5.74, 6) is -4.00. The van der Waals surface area contributed by atoms with E-state index in [1.807, 2.05) is 5.32 Å². The van der Waals surface area contributed by atoms with Crippen LogP contribution in [0.15, 0.2) is 18.2 Å². The summed E-state index contributed by atoms with van der Waals surface area (Å²) in [4.78, 5) is 0. The third-order valence-corrected chi connectivity index (χ3v) is 2.99. The fourth-order valence-corrected chi connectivity index (χ4v) is 1.85. The van der Waals surface area contributed by atoms with E-state index in [0.717, 1.165) is 0 Å². The third kappa shape index (κ3) is 5.86. The van der Waals surface area contributed by atoms with Gasteiger partial charge in [0.25, 0.3) is 0 Å². The molecule has 0 saturated carbocycles. The van der Waals surface area contributed by atoms with E-state index in [4.69, 9.17) is 27.9 Å². The van der Waals surface area contributed by atoms with E-state index in [1.165, 1.54) is 12.1 Å². The van der Waals surface area contributed by atoms with E-state index in [1.54, 1.807) is 6.07 Å². The minimum Gasteiger partial charge on any atom is -0.488 e. The van der Waals surface area contributed by atoms with E-state index in [0.29, 0.717) is 0 Å². The summed E-state index contributed by atoms with van der Waals surface area (Å²) in [6.45, 7) is -1.87. The van der Waals surface area contributed by atoms with E-state index in [-0.39, 0.29) is 28.9 Å². The molecule has 1 aromatic rings. The zero-order valence-electron chi connectivity index (χ0n) is 10.6. The summed E-state index contributed by atoms with van der Waals surface area (Å²) in [7, 11) is 0. The Hall–Kier alpha value is -0.760. The quantitative estimate of drug-likeness (QED) is 0.708. The van der Waals surface area contributed by atoms with Gasteiger partial charge in [-0.2, -0.15) is 8.78 Å². The third-order valence-electron chi connectivity index (χ3n) is 2.40. The molecule has 2 N–H and O–H groups in total. The Balaban J connectivity index is 2.37. The van der Waals surface area contributed by atoms with Crippen molar-refractivity contribution in [1.29, 1.82) is 0 Å². The molecule has 0 amide bonds. The van der Waals surface area contributed by atoms with Crippen LogP contribution >= 0.6 is 23.2 Å². The predicted molar refractivity (Wildman–Crippen MR) is 71.8 cm³/mol. The Morgan fingerprint density at radius 2 is 1.81 bits per heavy atom. The first-order valence-corrected chi connectivity index (χ1v) is 6.61. The van der Waals surface area contributed by atoms with Gasteiger partial charge in [-0.15, -0.1) is 0 Å². The normalized spacial score (nSPS) is 13.5. The molecule has 0 aromatic heterocycles. The first-order chi connectivity index (χ1) is 9.74. The highest BCUT2D eigenvalue weighted by atomic mass is 35.5. The molecule has 3 nitrogen and oxygen atoms in total. The molecule has 1 rings (SSSR count). The van der Waals surface area contributed by atoms with Crippen LogP contribution in [0.5, 0.6) is 5.75 Å². The molecule has 21 heavy (non-hydrogen) atoms. The molecule has 9 heteroatoms. The molecular formula is C12H13Cl2F4NO2. The maximum atomic E-state index is 12.6. The lowest BCUT2D eigenvalue weighted by molar-refractivity contribution is -0.125. The second-order valence-electron chi connectivity index (χ2n) is 4.21. The largest absolute Gasteiger partial charge is 0.488 e. The van der Waals surface area contributed by atoms with E-state index < -0.39 is 25.0 Å². The smallest absolute Gasteiger partial charge is 0.319 e. The fraction of sp³-hybridized carbons (Fsp3) is 0.500. The molecule has 0 aliphatic rings. The molecule has 0 spiro atoms. The Morgan fingerprint density at radius 1 is 1.24 bits per heavy atom. The number of rotatable bonds is 8. The van der Waals surface area contributed by atoms with Crippen LogP contribution in [0, 0.1) is 0 Å². The van der Waals surface area contributed by atoms with Crippen LogP contribution in [0.4, 0.5) is 17.6 Å². The van der Waals surface area contributed by atoms with Gasteiger partial charge in [-0.3, -0.25) is 0 Å². The molecule has 120 valence electrons. The summed E-state index contributed by atoms with van der Waals surface area (Å²) < 4.78 is 54.1. The number of nitrogens with one attached hydrogen (secondary N) is 1. The van der Waals surface area contributed by atoms with Crippen molar-refractivity contribution in [3.8, 4) is 5.75 Å². The Labute approximate surface area is 128 Å². The monoisotopic (exact) mass is 349 g/mol. The van der Waals surface area contributed by atoms with Gasteiger partial charge in [-0.25, -0.2) is 8.78 Å². The summed E-state index contributed by atoms with van der Waals surface area (Å²) in [5, 5.41) is 12.0. The van der Waals surface area contributed by atoms with Gasteiger partial charge in [-0.1, -0.05) is 29.3 Å². The lowest BCUT2D eigenvalue weighted by atomic mass is 10.3. The first kappa shape index (κ1) is 18.3. The number of benzene rings is 1. The molecule has 0 bridgehead atoms. The van der Waals surface area contributed by atoms with Crippen molar-refractivity contribution >= 4 is 23.2 Å². The van der Waals surface area contributed by atoms with Gasteiger partial charge in [0, 0.05) is 6.54 Å². The number of hydrogen-bond donors (Lipinski definition) is 2. The molecule has 0 aliphatic heterocycles. The zero-order valence-corrected chi connectivity index (χ0v) is 12.1. The minimum absolute atomic E-state index is 0.151. The van der Waals surface area contributed by atoms with E-state index >= 15 is 0 Å². The van der Waals surface area contributed by atoms with E-state index in [9.17, 15) is 22.7 Å². The molecule has 0 radical (unpaired) electrons. The predicted octanol–water partition coefficient (Wildman–Crippen LogP) is 3.22. The number of alkyl halides is 4. The first-order valence-electron chi connectivity index (χ1n) is 5.85. The molecule has 1 aromatic carbocycles. The SMILES string of the molecule is OC(CNCC(F)(F)C(F)F)COc1c(Cl)cccc1Cl. The second-order valence-corrected chi connectivity index (χ2v) is 5.02. The number of aliphatic hydroxyl groups is 1. The molecular weight excluding hydrogens is 337 g/mol. The average Bonchev–Trinajstić information content (AvgIpc) is 2.37. The molecule has 0 aliphatic carbocycles. The molecule has 0 saturated heterocycles. The summed E-state index contributed by atoms with van der Waals surface area (Å²) in [6, 6.07) is 4.65. The molecule has 0 fully saturated rings. The summed E-state index contributed by atoms with van der Waals surface area (Å²) in [5.41, 5.74) is 0. The van der Waals surface area contributed by atoms with Gasteiger partial charge in [0.1, 0.15) is 12.7 Å². The summed E-state index contributed by atoms with van der Waals surface area (Å²) >= 11 is 11.6. The van der Waals surface area contributed by atoms with Crippen molar-refractivity contribution in [3.63, 3.8) is 0 Å².